The van der Waals surface area contributed by atoms with Gasteiger partial charge in [-0.3, -0.25) is 10.3 Å². The fraction of sp³-hybridized carbons (Fsp3) is 0.500. The van der Waals surface area contributed by atoms with E-state index in [9.17, 15) is 0 Å². The van der Waals surface area contributed by atoms with Crippen LogP contribution in [0.1, 0.15) is 0 Å². The minimum atomic E-state index is 0.454. The third-order valence-corrected chi connectivity index (χ3v) is 2.15. The average Bonchev–Trinajstić information content (AvgIpc) is 2.15. The highest BCUT2D eigenvalue weighted by atomic mass is 32.2. The van der Waals surface area contributed by atoms with Gasteiger partial charge < -0.3 is 0 Å². The molecule has 8 heavy (non-hydrogen) atoms. The Morgan fingerprint density at radius 1 is 1.75 bits per heavy atom. The van der Waals surface area contributed by atoms with Crippen LogP contribution in [0.4, 0.5) is 0 Å². The van der Waals surface area contributed by atoms with Crippen LogP contribution in [0.25, 0.3) is 0 Å². The Kier molecular flexibility index (Phi) is 0.961. The normalized spacial score (nSPS) is 34.0. The van der Waals surface area contributed by atoms with Gasteiger partial charge in [-0.25, -0.2) is 5.43 Å². The zero-order valence-corrected chi connectivity index (χ0v) is 5.11. The molecule has 0 aromatic rings. The lowest BCUT2D eigenvalue weighted by atomic mass is 10.9. The Balaban J connectivity index is 2.13. The highest BCUT2D eigenvalue weighted by Crippen LogP contribution is 2.22. The summed E-state index contributed by atoms with van der Waals surface area (Å²) in [7, 11) is 0. The molecule has 2 heterocycles. The van der Waals surface area contributed by atoms with Crippen LogP contribution in [-0.4, -0.2) is 17.2 Å². The summed E-state index contributed by atoms with van der Waals surface area (Å²) in [6, 6.07) is 0. The largest absolute Gasteiger partial charge is 0.287 e. The lowest BCUT2D eigenvalue weighted by Crippen LogP contribution is -2.28. The molecule has 4 heteroatoms. The first kappa shape index (κ1) is 4.67. The van der Waals surface area contributed by atoms with Crippen molar-refractivity contribution in [2.75, 3.05) is 6.67 Å². The van der Waals surface area contributed by atoms with E-state index in [2.05, 4.69) is 21.2 Å². The molecule has 0 aromatic carbocycles. The van der Waals surface area contributed by atoms with Crippen LogP contribution in [0.15, 0.2) is 11.6 Å². The molecule has 44 valence electrons. The van der Waals surface area contributed by atoms with Gasteiger partial charge in [0.25, 0.3) is 0 Å². The van der Waals surface area contributed by atoms with Gasteiger partial charge in [0.15, 0.2) is 0 Å². The molecule has 1 unspecified atom stereocenters. The summed E-state index contributed by atoms with van der Waals surface area (Å²) < 4.78 is 0. The van der Waals surface area contributed by atoms with Crippen LogP contribution in [0.5, 0.6) is 0 Å². The first-order valence-corrected chi connectivity index (χ1v) is 3.48. The fourth-order valence-electron chi connectivity index (χ4n) is 0.825. The molecule has 0 aromatic heterocycles. The molecular weight excluding hydrogens is 122 g/mol. The van der Waals surface area contributed by atoms with Crippen molar-refractivity contribution in [1.82, 2.24) is 15.8 Å². The smallest absolute Gasteiger partial charge is 0.147 e. The zero-order chi connectivity index (χ0) is 5.40. The highest BCUT2D eigenvalue weighted by molar-refractivity contribution is 8.02. The third-order valence-electron chi connectivity index (χ3n) is 1.22. The van der Waals surface area contributed by atoms with Crippen molar-refractivity contribution in [2.24, 2.45) is 0 Å². The Labute approximate surface area is 52.1 Å². The van der Waals surface area contributed by atoms with Crippen molar-refractivity contribution < 1.29 is 0 Å². The Morgan fingerprint density at radius 3 is 3.62 bits per heavy atom. The van der Waals surface area contributed by atoms with Crippen LogP contribution in [0.2, 0.25) is 0 Å². The van der Waals surface area contributed by atoms with Gasteiger partial charge in [-0.2, -0.15) is 0 Å². The van der Waals surface area contributed by atoms with Crippen LogP contribution in [-0.2, 0) is 0 Å². The van der Waals surface area contributed by atoms with E-state index in [0.29, 0.717) is 5.50 Å². The van der Waals surface area contributed by atoms with Crippen LogP contribution >= 0.6 is 11.8 Å². The first-order valence-electron chi connectivity index (χ1n) is 2.54. The summed E-state index contributed by atoms with van der Waals surface area (Å²) in [5.74, 6) is 0. The van der Waals surface area contributed by atoms with Gasteiger partial charge in [0.05, 0.1) is 6.67 Å². The Hall–Kier alpha value is -0.190. The predicted molar refractivity (Wildman–Crippen MR) is 33.5 cm³/mol. The first-order chi connectivity index (χ1) is 3.97. The third kappa shape index (κ3) is 0.538. The van der Waals surface area contributed by atoms with Crippen molar-refractivity contribution >= 4 is 11.8 Å². The van der Waals surface area contributed by atoms with Crippen LogP contribution in [0.3, 0.4) is 0 Å². The number of hydrogen-bond acceptors (Lipinski definition) is 4. The maximum absolute atomic E-state index is 3.23. The molecule has 2 aliphatic heterocycles. The number of nitrogens with one attached hydrogen (secondary N) is 2. The molecule has 2 rings (SSSR count). The number of hydrazine groups is 1. The van der Waals surface area contributed by atoms with E-state index in [4.69, 9.17) is 0 Å². The van der Waals surface area contributed by atoms with Crippen molar-refractivity contribution in [1.29, 1.82) is 0 Å². The van der Waals surface area contributed by atoms with E-state index < -0.39 is 0 Å². The van der Waals surface area contributed by atoms with E-state index >= 15 is 0 Å². The molecule has 0 spiro atoms. The van der Waals surface area contributed by atoms with Gasteiger partial charge in [0, 0.05) is 6.20 Å². The number of fused-ring (bicyclic) bond motifs is 1. The lowest BCUT2D eigenvalue weighted by molar-refractivity contribution is 0.341. The van der Waals surface area contributed by atoms with Crippen molar-refractivity contribution in [2.45, 2.75) is 5.50 Å². The van der Waals surface area contributed by atoms with Gasteiger partial charge >= 0.3 is 0 Å². The second-order valence-electron chi connectivity index (χ2n) is 1.72. The number of hydrogen-bond donors (Lipinski definition) is 2. The summed E-state index contributed by atoms with van der Waals surface area (Å²) in [6.07, 6.45) is 2.04. The van der Waals surface area contributed by atoms with Gasteiger partial charge in [0.1, 0.15) is 5.50 Å². The molecule has 2 aliphatic rings. The Morgan fingerprint density at radius 2 is 2.75 bits per heavy atom. The second-order valence-corrected chi connectivity index (χ2v) is 2.71. The predicted octanol–water partition coefficient (Wildman–Crippen LogP) is -0.145. The molecule has 0 saturated carbocycles. The molecular formula is C4H7N3S. The summed E-state index contributed by atoms with van der Waals surface area (Å²) in [6.45, 7) is 0.891. The molecule has 3 nitrogen and oxygen atoms in total. The van der Waals surface area contributed by atoms with Crippen LogP contribution < -0.4 is 10.7 Å². The SMILES string of the molecule is C1=CN2NCNC2S1. The average molecular weight is 129 g/mol. The number of nitrogens with zero attached hydrogens (tertiary/aromatic N) is 1. The van der Waals surface area contributed by atoms with Crippen LogP contribution in [0, 0.1) is 0 Å². The molecule has 0 aliphatic carbocycles. The molecule has 1 atom stereocenters. The van der Waals surface area contributed by atoms with Gasteiger partial charge in [-0.05, 0) is 5.41 Å². The number of thioether (sulfide) groups is 1. The molecule has 0 radical (unpaired) electrons. The van der Waals surface area contributed by atoms with E-state index in [0.717, 1.165) is 6.67 Å². The minimum absolute atomic E-state index is 0.454. The topological polar surface area (TPSA) is 27.3 Å². The van der Waals surface area contributed by atoms with E-state index in [1.807, 2.05) is 6.20 Å². The van der Waals surface area contributed by atoms with Crippen molar-refractivity contribution in [3.63, 3.8) is 0 Å². The molecule has 1 saturated heterocycles. The van der Waals surface area contributed by atoms with E-state index in [-0.39, 0.29) is 0 Å². The maximum atomic E-state index is 3.23. The molecule has 0 amide bonds. The summed E-state index contributed by atoms with van der Waals surface area (Å²) >= 11 is 1.78. The summed E-state index contributed by atoms with van der Waals surface area (Å²) in [4.78, 5) is 0. The van der Waals surface area contributed by atoms with Crippen molar-refractivity contribution in [3.05, 3.63) is 11.6 Å². The van der Waals surface area contributed by atoms with Gasteiger partial charge in [-0.1, -0.05) is 11.8 Å². The fourth-order valence-corrected chi connectivity index (χ4v) is 1.63. The quantitative estimate of drug-likeness (QED) is 0.476. The Bertz CT molecular complexity index is 124. The van der Waals surface area contributed by atoms with E-state index in [1.165, 1.54) is 0 Å². The summed E-state index contributed by atoms with van der Waals surface area (Å²) in [5, 5.41) is 7.37. The minimum Gasteiger partial charge on any atom is -0.287 e. The second kappa shape index (κ2) is 1.65. The standard InChI is InChI=1S/C4H7N3S/c1-2-8-4-5-3-6-7(1)4/h1-2,4-6H,3H2. The zero-order valence-electron chi connectivity index (χ0n) is 4.29. The molecule has 2 N–H and O–H groups in total. The number of rotatable bonds is 0. The van der Waals surface area contributed by atoms with Gasteiger partial charge in [0.2, 0.25) is 0 Å². The summed E-state index contributed by atoms with van der Waals surface area (Å²) in [5.41, 5.74) is 3.59. The maximum Gasteiger partial charge on any atom is 0.147 e. The van der Waals surface area contributed by atoms with Crippen molar-refractivity contribution in [3.8, 4) is 0 Å². The monoisotopic (exact) mass is 129 g/mol. The van der Waals surface area contributed by atoms with E-state index in [1.54, 1.807) is 11.8 Å². The highest BCUT2D eigenvalue weighted by Gasteiger charge is 2.23. The molecule has 1 fully saturated rings. The molecule has 0 bridgehead atoms. The van der Waals surface area contributed by atoms with Gasteiger partial charge in [-0.15, -0.1) is 0 Å². The lowest BCUT2D eigenvalue weighted by Gasteiger charge is -2.11.